The van der Waals surface area contributed by atoms with Gasteiger partial charge < -0.3 is 21.1 Å². The number of aromatic hydroxyl groups is 1. The fraction of sp³-hybridized carbons (Fsp3) is 0.158. The lowest BCUT2D eigenvalue weighted by molar-refractivity contribution is -0.113. The van der Waals surface area contributed by atoms with Crippen molar-refractivity contribution >= 4 is 33.6 Å². The fourth-order valence-corrected chi connectivity index (χ4v) is 3.28. The maximum atomic E-state index is 12.9. The van der Waals surface area contributed by atoms with Crippen LogP contribution in [0, 0.1) is 6.92 Å². The van der Waals surface area contributed by atoms with Crippen LogP contribution in [0.25, 0.3) is 0 Å². The van der Waals surface area contributed by atoms with Crippen LogP contribution in [0.2, 0.25) is 0 Å². The third-order valence-corrected chi connectivity index (χ3v) is 4.58. The summed E-state index contributed by atoms with van der Waals surface area (Å²) in [7, 11) is 0. The van der Waals surface area contributed by atoms with Gasteiger partial charge in [-0.25, -0.2) is 4.79 Å². The molecule has 6 nitrogen and oxygen atoms in total. The Balaban J connectivity index is 2.00. The minimum atomic E-state index is -0.772. The van der Waals surface area contributed by atoms with Crippen molar-refractivity contribution in [2.24, 2.45) is 0 Å². The monoisotopic (exact) mass is 415 g/mol. The molecule has 3 rings (SSSR count). The van der Waals surface area contributed by atoms with E-state index in [4.69, 9.17) is 0 Å². The molecule has 0 bridgehead atoms. The van der Waals surface area contributed by atoms with Crippen molar-refractivity contribution in [3.63, 3.8) is 0 Å². The summed E-state index contributed by atoms with van der Waals surface area (Å²) in [4.78, 5) is 24.9. The van der Waals surface area contributed by atoms with Crippen molar-refractivity contribution in [1.82, 2.24) is 10.6 Å². The summed E-state index contributed by atoms with van der Waals surface area (Å²) < 4.78 is 0.731. The van der Waals surface area contributed by atoms with E-state index in [1.54, 1.807) is 25.1 Å². The molecule has 1 aliphatic heterocycles. The Labute approximate surface area is 159 Å². The zero-order valence-electron chi connectivity index (χ0n) is 14.3. The first kappa shape index (κ1) is 18.0. The van der Waals surface area contributed by atoms with Gasteiger partial charge in [0, 0.05) is 21.4 Å². The molecule has 3 amide bonds. The number of phenolic OH excluding ortho intramolecular Hbond substituents is 1. The lowest BCUT2D eigenvalue weighted by Gasteiger charge is -2.29. The lowest BCUT2D eigenvalue weighted by Crippen LogP contribution is -2.46. The van der Waals surface area contributed by atoms with Gasteiger partial charge in [0.1, 0.15) is 5.75 Å². The van der Waals surface area contributed by atoms with E-state index in [1.165, 1.54) is 6.07 Å². The molecule has 0 unspecified atom stereocenters. The molecule has 0 saturated heterocycles. The Hall–Kier alpha value is -2.80. The van der Waals surface area contributed by atoms with Crippen LogP contribution in [0.15, 0.2) is 58.2 Å². The average molecular weight is 416 g/mol. The molecule has 0 radical (unpaired) electrons. The van der Waals surface area contributed by atoms with Crippen LogP contribution in [-0.4, -0.2) is 17.0 Å². The molecule has 0 aromatic heterocycles. The number of carbonyl (C=O) groups is 2. The molecule has 1 aliphatic rings. The van der Waals surface area contributed by atoms with Crippen molar-refractivity contribution < 1.29 is 14.7 Å². The second-order valence-electron chi connectivity index (χ2n) is 6.10. The second-order valence-corrected chi connectivity index (χ2v) is 7.01. The fourth-order valence-electron chi connectivity index (χ4n) is 2.91. The van der Waals surface area contributed by atoms with Gasteiger partial charge >= 0.3 is 6.03 Å². The third kappa shape index (κ3) is 3.72. The van der Waals surface area contributed by atoms with Crippen molar-refractivity contribution in [2.75, 3.05) is 5.32 Å². The zero-order valence-corrected chi connectivity index (χ0v) is 15.8. The van der Waals surface area contributed by atoms with E-state index < -0.39 is 12.1 Å². The molecule has 2 aromatic carbocycles. The van der Waals surface area contributed by atoms with Crippen LogP contribution in [-0.2, 0) is 4.79 Å². The summed E-state index contributed by atoms with van der Waals surface area (Å²) in [5.41, 5.74) is 2.87. The number of benzene rings is 2. The number of nitrogens with one attached hydrogen (secondary N) is 3. The SMILES string of the molecule is CC1=C(C(=O)Nc2cccc(C)c2)[C@H](c2cc(Br)ccc2O)NC(=O)N1. The molecule has 0 spiro atoms. The topological polar surface area (TPSA) is 90.5 Å². The number of anilines is 1. The molecule has 4 N–H and O–H groups in total. The molecule has 0 saturated carbocycles. The minimum absolute atomic E-state index is 0.00550. The number of allylic oxidation sites excluding steroid dienone is 1. The van der Waals surface area contributed by atoms with E-state index in [-0.39, 0.29) is 11.7 Å². The van der Waals surface area contributed by atoms with E-state index >= 15 is 0 Å². The summed E-state index contributed by atoms with van der Waals surface area (Å²) in [6.07, 6.45) is 0. The number of aryl methyl sites for hydroxylation is 1. The number of carbonyl (C=O) groups excluding carboxylic acids is 2. The summed E-state index contributed by atoms with van der Waals surface area (Å²) in [5, 5.41) is 18.4. The highest BCUT2D eigenvalue weighted by Gasteiger charge is 2.32. The minimum Gasteiger partial charge on any atom is -0.508 e. The molecule has 1 heterocycles. The first-order chi connectivity index (χ1) is 12.3. The van der Waals surface area contributed by atoms with Crippen molar-refractivity contribution in [1.29, 1.82) is 0 Å². The number of halogens is 1. The number of amides is 3. The summed E-state index contributed by atoms with van der Waals surface area (Å²) in [6.45, 7) is 3.59. The Bertz CT molecular complexity index is 924. The smallest absolute Gasteiger partial charge is 0.319 e. The average Bonchev–Trinajstić information content (AvgIpc) is 2.56. The Morgan fingerprint density at radius 3 is 2.69 bits per heavy atom. The largest absolute Gasteiger partial charge is 0.508 e. The number of hydrogen-bond donors (Lipinski definition) is 4. The van der Waals surface area contributed by atoms with Gasteiger partial charge in [0.2, 0.25) is 0 Å². The summed E-state index contributed by atoms with van der Waals surface area (Å²) in [6, 6.07) is 11.1. The first-order valence-corrected chi connectivity index (χ1v) is 8.79. The van der Waals surface area contributed by atoms with Crippen LogP contribution in [0.1, 0.15) is 24.1 Å². The van der Waals surface area contributed by atoms with Crippen LogP contribution in [0.4, 0.5) is 10.5 Å². The van der Waals surface area contributed by atoms with Gasteiger partial charge in [-0.05, 0) is 49.7 Å². The Kier molecular flexibility index (Phi) is 4.99. The predicted molar refractivity (Wildman–Crippen MR) is 103 cm³/mol. The number of urea groups is 1. The third-order valence-electron chi connectivity index (χ3n) is 4.09. The standard InChI is InChI=1S/C19H18BrN3O3/c1-10-4-3-5-13(8-10)22-18(25)16-11(2)21-19(26)23-17(16)14-9-12(20)6-7-15(14)24/h3-9,17,24H,1-2H3,(H,22,25)(H2,21,23,26)/t17-/m0/s1. The number of phenols is 1. The maximum absolute atomic E-state index is 12.9. The second kappa shape index (κ2) is 7.21. The predicted octanol–water partition coefficient (Wildman–Crippen LogP) is 3.73. The lowest BCUT2D eigenvalue weighted by atomic mass is 9.94. The number of hydrogen-bond acceptors (Lipinski definition) is 3. The Morgan fingerprint density at radius 2 is 1.96 bits per heavy atom. The van der Waals surface area contributed by atoms with Gasteiger partial charge in [0.25, 0.3) is 5.91 Å². The van der Waals surface area contributed by atoms with Gasteiger partial charge in [-0.3, -0.25) is 4.79 Å². The van der Waals surface area contributed by atoms with Gasteiger partial charge in [-0.1, -0.05) is 28.1 Å². The van der Waals surface area contributed by atoms with Crippen molar-refractivity contribution in [3.8, 4) is 5.75 Å². The quantitative estimate of drug-likeness (QED) is 0.615. The van der Waals surface area contributed by atoms with E-state index in [2.05, 4.69) is 31.9 Å². The van der Waals surface area contributed by atoms with E-state index in [0.717, 1.165) is 10.0 Å². The molecule has 26 heavy (non-hydrogen) atoms. The van der Waals surface area contributed by atoms with Crippen LogP contribution < -0.4 is 16.0 Å². The van der Waals surface area contributed by atoms with Gasteiger partial charge in [-0.15, -0.1) is 0 Å². The normalized spacial score (nSPS) is 16.7. The highest BCUT2D eigenvalue weighted by atomic mass is 79.9. The van der Waals surface area contributed by atoms with E-state index in [0.29, 0.717) is 22.5 Å². The summed E-state index contributed by atoms with van der Waals surface area (Å²) in [5.74, 6) is -0.362. The van der Waals surface area contributed by atoms with Gasteiger partial charge in [-0.2, -0.15) is 0 Å². The van der Waals surface area contributed by atoms with E-state index in [9.17, 15) is 14.7 Å². The van der Waals surface area contributed by atoms with Crippen LogP contribution in [0.3, 0.4) is 0 Å². The Morgan fingerprint density at radius 1 is 1.19 bits per heavy atom. The first-order valence-electron chi connectivity index (χ1n) is 8.00. The molecule has 2 aromatic rings. The molecule has 7 heteroatoms. The van der Waals surface area contributed by atoms with Crippen LogP contribution in [0.5, 0.6) is 5.75 Å². The molecule has 0 fully saturated rings. The zero-order chi connectivity index (χ0) is 18.8. The highest BCUT2D eigenvalue weighted by molar-refractivity contribution is 9.10. The highest BCUT2D eigenvalue weighted by Crippen LogP contribution is 2.34. The number of rotatable bonds is 3. The molecular formula is C19H18BrN3O3. The molecule has 1 atom stereocenters. The summed E-state index contributed by atoms with van der Waals surface area (Å²) >= 11 is 3.36. The van der Waals surface area contributed by atoms with Gasteiger partial charge in [0.05, 0.1) is 11.6 Å². The molecule has 0 aliphatic carbocycles. The molecular weight excluding hydrogens is 398 g/mol. The van der Waals surface area contributed by atoms with Crippen molar-refractivity contribution in [2.45, 2.75) is 19.9 Å². The van der Waals surface area contributed by atoms with E-state index in [1.807, 2.05) is 25.1 Å². The van der Waals surface area contributed by atoms with Crippen molar-refractivity contribution in [3.05, 3.63) is 69.3 Å². The maximum Gasteiger partial charge on any atom is 0.319 e. The van der Waals surface area contributed by atoms with Crippen LogP contribution >= 0.6 is 15.9 Å². The molecule has 134 valence electrons. The van der Waals surface area contributed by atoms with Gasteiger partial charge in [0.15, 0.2) is 0 Å².